The first kappa shape index (κ1) is 26.7. The number of aromatic nitrogens is 2. The molecule has 0 atom stereocenters. The second-order valence-corrected chi connectivity index (χ2v) is 10.0. The fourth-order valence-corrected chi connectivity index (χ4v) is 4.38. The number of unbranched alkanes of at least 4 members (excludes halogenated alkanes) is 9. The molecular formula is C23H38ClN3O2S. The van der Waals surface area contributed by atoms with Crippen molar-refractivity contribution in [2.24, 2.45) is 0 Å². The zero-order valence-corrected chi connectivity index (χ0v) is 20.3. The molecule has 1 aromatic heterocycles. The molecule has 0 aliphatic carbocycles. The molecular weight excluding hydrogens is 418 g/mol. The lowest BCUT2D eigenvalue weighted by Gasteiger charge is -2.05. The third-order valence-electron chi connectivity index (χ3n) is 5.36. The molecule has 0 N–H and O–H groups in total. The van der Waals surface area contributed by atoms with E-state index in [1.165, 1.54) is 66.1 Å². The number of hydrogen-bond acceptors (Lipinski definition) is 2. The lowest BCUT2D eigenvalue weighted by Crippen LogP contribution is -3.00. The van der Waals surface area contributed by atoms with Gasteiger partial charge in [-0.05, 0) is 12.8 Å². The number of aryl methyl sites for hydroxylation is 1. The predicted octanol–water partition coefficient (Wildman–Crippen LogP) is 2.02. The minimum atomic E-state index is -3.51. The van der Waals surface area contributed by atoms with Gasteiger partial charge in [-0.2, -0.15) is 12.7 Å². The van der Waals surface area contributed by atoms with E-state index in [4.69, 9.17) is 0 Å². The van der Waals surface area contributed by atoms with E-state index in [-0.39, 0.29) is 12.4 Å². The smallest absolute Gasteiger partial charge is 0.379 e. The first-order valence-electron chi connectivity index (χ1n) is 11.1. The molecule has 0 saturated carbocycles. The SMILES string of the molecule is CCCCCCCCCCCCn1c[n+](S(=O)(=O)N(C)C)cc1-c1ccccc1.[Cl-]. The van der Waals surface area contributed by atoms with Crippen molar-refractivity contribution in [1.29, 1.82) is 0 Å². The fourth-order valence-electron chi connectivity index (χ4n) is 3.54. The van der Waals surface area contributed by atoms with Crippen LogP contribution in [-0.4, -0.2) is 31.4 Å². The normalized spacial score (nSPS) is 11.6. The number of benzene rings is 1. The topological polar surface area (TPSA) is 46.2 Å². The second kappa shape index (κ2) is 13.8. The van der Waals surface area contributed by atoms with Crippen LogP contribution in [0.25, 0.3) is 11.3 Å². The average Bonchev–Trinajstić information content (AvgIpc) is 3.15. The second-order valence-electron chi connectivity index (χ2n) is 7.99. The third-order valence-corrected chi connectivity index (χ3v) is 7.02. The third kappa shape index (κ3) is 8.05. The minimum absolute atomic E-state index is 0. The zero-order valence-electron chi connectivity index (χ0n) is 18.8. The average molecular weight is 456 g/mol. The Balaban J connectivity index is 0.00000450. The molecule has 30 heavy (non-hydrogen) atoms. The lowest BCUT2D eigenvalue weighted by molar-refractivity contribution is -0.514. The summed E-state index contributed by atoms with van der Waals surface area (Å²) in [5, 5.41) is 0. The van der Waals surface area contributed by atoms with Crippen LogP contribution in [-0.2, 0) is 16.8 Å². The Morgan fingerprint density at radius 1 is 0.867 bits per heavy atom. The molecule has 0 aliphatic heterocycles. The summed E-state index contributed by atoms with van der Waals surface area (Å²) in [5.41, 5.74) is 1.97. The number of hydrogen-bond donors (Lipinski definition) is 0. The molecule has 170 valence electrons. The quantitative estimate of drug-likeness (QED) is 0.323. The molecule has 0 fully saturated rings. The fraction of sp³-hybridized carbons (Fsp3) is 0.609. The van der Waals surface area contributed by atoms with E-state index in [1.54, 1.807) is 26.6 Å². The maximum Gasteiger partial charge on any atom is 0.379 e. The number of halogens is 1. The Labute approximate surface area is 189 Å². The van der Waals surface area contributed by atoms with Gasteiger partial charge in [0.15, 0.2) is 11.9 Å². The van der Waals surface area contributed by atoms with Crippen molar-refractivity contribution in [2.45, 2.75) is 77.7 Å². The summed E-state index contributed by atoms with van der Waals surface area (Å²) >= 11 is 0. The summed E-state index contributed by atoms with van der Waals surface area (Å²) in [5.74, 6) is 0. The van der Waals surface area contributed by atoms with E-state index in [0.717, 1.165) is 24.2 Å². The van der Waals surface area contributed by atoms with Gasteiger partial charge in [0, 0.05) is 19.7 Å². The molecule has 0 saturated heterocycles. The Bertz CT molecular complexity index is 820. The highest BCUT2D eigenvalue weighted by Crippen LogP contribution is 2.19. The van der Waals surface area contributed by atoms with Crippen LogP contribution in [0.4, 0.5) is 0 Å². The van der Waals surface area contributed by atoms with Gasteiger partial charge in [0.25, 0.3) is 6.33 Å². The molecule has 0 bridgehead atoms. The van der Waals surface area contributed by atoms with Crippen LogP contribution in [0.5, 0.6) is 0 Å². The van der Waals surface area contributed by atoms with Gasteiger partial charge < -0.3 is 12.4 Å². The van der Waals surface area contributed by atoms with Crippen molar-refractivity contribution in [1.82, 2.24) is 8.87 Å². The van der Waals surface area contributed by atoms with Crippen molar-refractivity contribution in [3.63, 3.8) is 0 Å². The summed E-state index contributed by atoms with van der Waals surface area (Å²) in [4.78, 5) is 0. The first-order chi connectivity index (χ1) is 14.0. The van der Waals surface area contributed by atoms with Gasteiger partial charge in [-0.1, -0.05) is 88.6 Å². The van der Waals surface area contributed by atoms with Gasteiger partial charge >= 0.3 is 10.2 Å². The van der Waals surface area contributed by atoms with E-state index >= 15 is 0 Å². The molecule has 2 aromatic rings. The van der Waals surface area contributed by atoms with Gasteiger partial charge in [0.1, 0.15) is 0 Å². The van der Waals surface area contributed by atoms with Crippen molar-refractivity contribution >= 4 is 10.2 Å². The van der Waals surface area contributed by atoms with Crippen LogP contribution in [0.1, 0.15) is 71.1 Å². The van der Waals surface area contributed by atoms with Gasteiger partial charge in [-0.25, -0.2) is 4.57 Å². The first-order valence-corrected chi connectivity index (χ1v) is 12.5. The highest BCUT2D eigenvalue weighted by atomic mass is 35.5. The molecule has 0 amide bonds. The Morgan fingerprint density at radius 2 is 1.40 bits per heavy atom. The Hall–Kier alpha value is -1.37. The van der Waals surface area contributed by atoms with Gasteiger partial charge in [-0.3, -0.25) is 0 Å². The molecule has 0 unspecified atom stereocenters. The molecule has 2 rings (SSSR count). The number of nitrogens with zero attached hydrogens (tertiary/aromatic N) is 3. The summed E-state index contributed by atoms with van der Waals surface area (Å²) < 4.78 is 29.7. The van der Waals surface area contributed by atoms with Gasteiger partial charge in [-0.15, -0.1) is 3.97 Å². The maximum atomic E-state index is 12.5. The van der Waals surface area contributed by atoms with E-state index in [2.05, 4.69) is 11.5 Å². The summed E-state index contributed by atoms with van der Waals surface area (Å²) in [6.45, 7) is 3.09. The summed E-state index contributed by atoms with van der Waals surface area (Å²) in [6, 6.07) is 9.99. The van der Waals surface area contributed by atoms with Crippen LogP contribution in [0.15, 0.2) is 42.9 Å². The maximum absolute atomic E-state index is 12.5. The standard InChI is InChI=1S/C23H38N3O2S.ClH/c1-4-5-6-7-8-9-10-11-12-16-19-25-21-26(29(27,28)24(2)3)20-23(25)22-17-14-13-15-18-22;/h13-15,17-18,20-21H,4-12,16,19H2,1-3H3;1H/q+1;/p-1. The molecule has 1 heterocycles. The van der Waals surface area contributed by atoms with Gasteiger partial charge in [0.2, 0.25) is 0 Å². The lowest BCUT2D eigenvalue weighted by atomic mass is 10.1. The summed E-state index contributed by atoms with van der Waals surface area (Å²) in [7, 11) is -0.390. The highest BCUT2D eigenvalue weighted by Gasteiger charge is 2.26. The number of rotatable bonds is 14. The van der Waals surface area contributed by atoms with E-state index in [0.29, 0.717) is 0 Å². The highest BCUT2D eigenvalue weighted by molar-refractivity contribution is 7.82. The van der Waals surface area contributed by atoms with E-state index < -0.39 is 10.2 Å². The van der Waals surface area contributed by atoms with Crippen molar-refractivity contribution in [2.75, 3.05) is 14.1 Å². The van der Waals surface area contributed by atoms with E-state index in [1.807, 2.05) is 30.3 Å². The minimum Gasteiger partial charge on any atom is -1.00 e. The van der Waals surface area contributed by atoms with Crippen molar-refractivity contribution in [3.05, 3.63) is 42.9 Å². The molecule has 5 nitrogen and oxygen atoms in total. The van der Waals surface area contributed by atoms with E-state index in [9.17, 15) is 8.42 Å². The molecule has 0 aliphatic rings. The zero-order chi connectivity index (χ0) is 21.1. The molecule has 0 radical (unpaired) electrons. The molecule has 7 heteroatoms. The monoisotopic (exact) mass is 455 g/mol. The van der Waals surface area contributed by atoms with Crippen molar-refractivity contribution < 1.29 is 24.8 Å². The number of imidazole rings is 1. The summed E-state index contributed by atoms with van der Waals surface area (Å²) in [6.07, 6.45) is 16.4. The van der Waals surface area contributed by atoms with Crippen molar-refractivity contribution in [3.8, 4) is 11.3 Å². The molecule has 1 aromatic carbocycles. The Kier molecular flexibility index (Phi) is 12.3. The predicted molar refractivity (Wildman–Crippen MR) is 120 cm³/mol. The van der Waals surface area contributed by atoms with Crippen LogP contribution < -0.4 is 16.4 Å². The van der Waals surface area contributed by atoms with Crippen LogP contribution in [0.2, 0.25) is 0 Å². The Morgan fingerprint density at radius 3 is 1.93 bits per heavy atom. The molecule has 0 spiro atoms. The van der Waals surface area contributed by atoms with Crippen LogP contribution in [0.3, 0.4) is 0 Å². The van der Waals surface area contributed by atoms with Crippen LogP contribution >= 0.6 is 0 Å². The van der Waals surface area contributed by atoms with Crippen LogP contribution in [0, 0.1) is 0 Å². The largest absolute Gasteiger partial charge is 1.00 e. The van der Waals surface area contributed by atoms with Gasteiger partial charge in [0.05, 0.1) is 6.54 Å².